The predicted octanol–water partition coefficient (Wildman–Crippen LogP) is 3.00. The Labute approximate surface area is 144 Å². The van der Waals surface area contributed by atoms with E-state index < -0.39 is 17.8 Å². The lowest BCUT2D eigenvalue weighted by Crippen LogP contribution is -2.50. The molecule has 2 aliphatic rings. The Kier molecular flexibility index (Phi) is 4.80. The van der Waals surface area contributed by atoms with E-state index in [1.54, 1.807) is 17.0 Å². The molecule has 0 bridgehead atoms. The van der Waals surface area contributed by atoms with E-state index in [1.165, 1.54) is 0 Å². The monoisotopic (exact) mass is 357 g/mol. The summed E-state index contributed by atoms with van der Waals surface area (Å²) in [5.41, 5.74) is 0.861. The summed E-state index contributed by atoms with van der Waals surface area (Å²) in [7, 11) is 0. The van der Waals surface area contributed by atoms with Crippen LogP contribution in [0.15, 0.2) is 18.2 Å². The van der Waals surface area contributed by atoms with Crippen LogP contribution in [0.1, 0.15) is 24.5 Å². The minimum absolute atomic E-state index is 0.0861. The van der Waals surface area contributed by atoms with Crippen LogP contribution in [0.2, 0.25) is 10.0 Å². The second-order valence-electron chi connectivity index (χ2n) is 5.95. The van der Waals surface area contributed by atoms with Crippen LogP contribution in [-0.2, 0) is 14.3 Å². The van der Waals surface area contributed by atoms with E-state index in [-0.39, 0.29) is 12.0 Å². The van der Waals surface area contributed by atoms with Gasteiger partial charge in [-0.25, -0.2) is 0 Å². The Balaban J connectivity index is 1.69. The fourth-order valence-electron chi connectivity index (χ4n) is 3.09. The molecule has 1 aliphatic heterocycles. The van der Waals surface area contributed by atoms with Crippen molar-refractivity contribution in [3.63, 3.8) is 0 Å². The number of carbonyl (C=O) groups is 2. The SMILES string of the molecule is O=C(O)C1CCC1C(=O)N1CCOC(c2ccc(Cl)c(Cl)c2)C1. The number of benzene rings is 1. The van der Waals surface area contributed by atoms with Crippen molar-refractivity contribution in [2.45, 2.75) is 18.9 Å². The number of carboxylic acids is 1. The third kappa shape index (κ3) is 3.32. The molecule has 1 saturated heterocycles. The lowest BCUT2D eigenvalue weighted by Gasteiger charge is -2.39. The second-order valence-corrected chi connectivity index (χ2v) is 6.76. The van der Waals surface area contributed by atoms with Crippen molar-refractivity contribution < 1.29 is 19.4 Å². The maximum absolute atomic E-state index is 12.6. The molecule has 5 nitrogen and oxygen atoms in total. The summed E-state index contributed by atoms with van der Waals surface area (Å²) in [6.45, 7) is 1.31. The first-order chi connectivity index (χ1) is 11.0. The third-order valence-electron chi connectivity index (χ3n) is 4.60. The zero-order valence-electron chi connectivity index (χ0n) is 12.4. The van der Waals surface area contributed by atoms with Gasteiger partial charge < -0.3 is 14.7 Å². The molecule has 7 heteroatoms. The highest BCUT2D eigenvalue weighted by molar-refractivity contribution is 6.42. The van der Waals surface area contributed by atoms with Gasteiger partial charge in [0, 0.05) is 6.54 Å². The van der Waals surface area contributed by atoms with E-state index in [2.05, 4.69) is 0 Å². The van der Waals surface area contributed by atoms with Gasteiger partial charge in [0.2, 0.25) is 5.91 Å². The van der Waals surface area contributed by atoms with Gasteiger partial charge in [-0.2, -0.15) is 0 Å². The normalized spacial score (nSPS) is 27.4. The zero-order valence-corrected chi connectivity index (χ0v) is 13.9. The summed E-state index contributed by atoms with van der Waals surface area (Å²) >= 11 is 12.0. The van der Waals surface area contributed by atoms with Gasteiger partial charge in [0.25, 0.3) is 0 Å². The number of nitrogens with zero attached hydrogens (tertiary/aromatic N) is 1. The fourth-order valence-corrected chi connectivity index (χ4v) is 3.40. The molecule has 1 N–H and O–H groups in total. The summed E-state index contributed by atoms with van der Waals surface area (Å²) in [5.74, 6) is -1.92. The third-order valence-corrected chi connectivity index (χ3v) is 5.34. The number of amides is 1. The summed E-state index contributed by atoms with van der Waals surface area (Å²) in [4.78, 5) is 25.4. The van der Waals surface area contributed by atoms with Crippen LogP contribution in [0.4, 0.5) is 0 Å². The van der Waals surface area contributed by atoms with Crippen molar-refractivity contribution in [3.8, 4) is 0 Å². The number of ether oxygens (including phenoxy) is 1. The molecule has 3 rings (SSSR count). The Morgan fingerprint density at radius 3 is 2.52 bits per heavy atom. The van der Waals surface area contributed by atoms with Crippen LogP contribution in [0, 0.1) is 11.8 Å². The first-order valence-electron chi connectivity index (χ1n) is 7.55. The van der Waals surface area contributed by atoms with Crippen LogP contribution in [0.5, 0.6) is 0 Å². The van der Waals surface area contributed by atoms with E-state index in [9.17, 15) is 9.59 Å². The average molecular weight is 358 g/mol. The van der Waals surface area contributed by atoms with E-state index in [0.717, 1.165) is 5.56 Å². The molecular formula is C16H17Cl2NO4. The van der Waals surface area contributed by atoms with Crippen molar-refractivity contribution in [2.24, 2.45) is 11.8 Å². The maximum Gasteiger partial charge on any atom is 0.307 e. The summed E-state index contributed by atoms with van der Waals surface area (Å²) < 4.78 is 5.73. The van der Waals surface area contributed by atoms with Crippen LogP contribution >= 0.6 is 23.2 Å². The fraction of sp³-hybridized carbons (Fsp3) is 0.500. The minimum atomic E-state index is -0.885. The van der Waals surface area contributed by atoms with Gasteiger partial charge in [-0.05, 0) is 30.5 Å². The van der Waals surface area contributed by atoms with E-state index in [0.29, 0.717) is 42.6 Å². The van der Waals surface area contributed by atoms with Gasteiger partial charge in [0.1, 0.15) is 6.10 Å². The van der Waals surface area contributed by atoms with Gasteiger partial charge in [-0.3, -0.25) is 9.59 Å². The molecular weight excluding hydrogens is 341 g/mol. The molecule has 1 saturated carbocycles. The molecule has 3 atom stereocenters. The predicted molar refractivity (Wildman–Crippen MR) is 85.6 cm³/mol. The summed E-state index contributed by atoms with van der Waals surface area (Å²) in [6, 6.07) is 5.28. The first kappa shape index (κ1) is 16.6. The molecule has 2 fully saturated rings. The number of halogens is 2. The van der Waals surface area contributed by atoms with Gasteiger partial charge in [-0.15, -0.1) is 0 Å². The number of hydrogen-bond acceptors (Lipinski definition) is 3. The smallest absolute Gasteiger partial charge is 0.307 e. The summed E-state index contributed by atoms with van der Waals surface area (Å²) in [6.07, 6.45) is 0.947. The highest BCUT2D eigenvalue weighted by Gasteiger charge is 2.44. The Morgan fingerprint density at radius 2 is 1.91 bits per heavy atom. The van der Waals surface area contributed by atoms with Gasteiger partial charge in [0.05, 0.1) is 35.0 Å². The van der Waals surface area contributed by atoms with E-state index in [4.69, 9.17) is 33.0 Å². The first-order valence-corrected chi connectivity index (χ1v) is 8.31. The molecule has 3 unspecified atom stereocenters. The molecule has 0 spiro atoms. The van der Waals surface area contributed by atoms with Crippen molar-refractivity contribution in [3.05, 3.63) is 33.8 Å². The standard InChI is InChI=1S/C16H17Cl2NO4/c17-12-4-1-9(7-13(12)18)14-8-19(5-6-23-14)15(20)10-2-3-11(10)16(21)22/h1,4,7,10-11,14H,2-3,5-6,8H2,(H,21,22). The Hall–Kier alpha value is -1.30. The molecule has 0 radical (unpaired) electrons. The number of carbonyl (C=O) groups excluding carboxylic acids is 1. The topological polar surface area (TPSA) is 66.8 Å². The molecule has 1 aliphatic carbocycles. The number of morpholine rings is 1. The van der Waals surface area contributed by atoms with Crippen molar-refractivity contribution >= 4 is 35.1 Å². The Bertz CT molecular complexity index is 637. The van der Waals surface area contributed by atoms with Gasteiger partial charge in [-0.1, -0.05) is 29.3 Å². The van der Waals surface area contributed by atoms with Crippen molar-refractivity contribution in [2.75, 3.05) is 19.7 Å². The lowest BCUT2D eigenvalue weighted by atomic mass is 9.73. The maximum atomic E-state index is 12.6. The largest absolute Gasteiger partial charge is 0.481 e. The molecule has 23 heavy (non-hydrogen) atoms. The van der Waals surface area contributed by atoms with Gasteiger partial charge >= 0.3 is 5.97 Å². The summed E-state index contributed by atoms with van der Waals surface area (Å²) in [5, 5.41) is 10.0. The molecule has 1 aromatic rings. The highest BCUT2D eigenvalue weighted by atomic mass is 35.5. The van der Waals surface area contributed by atoms with E-state index in [1.807, 2.05) is 6.07 Å². The molecule has 0 aromatic heterocycles. The number of carboxylic acid groups (broad SMARTS) is 1. The van der Waals surface area contributed by atoms with E-state index >= 15 is 0 Å². The van der Waals surface area contributed by atoms with Crippen LogP contribution in [-0.4, -0.2) is 41.6 Å². The Morgan fingerprint density at radius 1 is 1.17 bits per heavy atom. The van der Waals surface area contributed by atoms with Gasteiger partial charge in [0.15, 0.2) is 0 Å². The lowest BCUT2D eigenvalue weighted by molar-refractivity contribution is -0.160. The molecule has 1 heterocycles. The minimum Gasteiger partial charge on any atom is -0.481 e. The average Bonchev–Trinajstić information content (AvgIpc) is 2.48. The van der Waals surface area contributed by atoms with Crippen LogP contribution < -0.4 is 0 Å². The number of hydrogen-bond donors (Lipinski definition) is 1. The highest BCUT2D eigenvalue weighted by Crippen LogP contribution is 2.37. The van der Waals surface area contributed by atoms with Crippen LogP contribution in [0.3, 0.4) is 0 Å². The van der Waals surface area contributed by atoms with Crippen molar-refractivity contribution in [1.82, 2.24) is 4.90 Å². The molecule has 124 valence electrons. The van der Waals surface area contributed by atoms with Crippen LogP contribution in [0.25, 0.3) is 0 Å². The zero-order chi connectivity index (χ0) is 16.6. The second kappa shape index (κ2) is 6.67. The molecule has 1 aromatic carbocycles. The number of rotatable bonds is 3. The quantitative estimate of drug-likeness (QED) is 0.902. The number of aliphatic carboxylic acids is 1. The van der Waals surface area contributed by atoms with Crippen molar-refractivity contribution in [1.29, 1.82) is 0 Å². The molecule has 1 amide bonds.